The van der Waals surface area contributed by atoms with Gasteiger partial charge in [-0.1, -0.05) is 55.8 Å². The molecule has 1 aliphatic heterocycles. The first kappa shape index (κ1) is 31.0. The normalized spacial score (nSPS) is 15.2. The minimum Gasteiger partial charge on any atom is -0.399 e. The molecule has 0 spiro atoms. The van der Waals surface area contributed by atoms with E-state index in [1.807, 2.05) is 44.2 Å². The molecule has 1 aliphatic rings. The second kappa shape index (κ2) is 14.2. The van der Waals surface area contributed by atoms with E-state index in [0.29, 0.717) is 23.6 Å². The number of fused-ring (bicyclic) bond motifs is 1. The van der Waals surface area contributed by atoms with Gasteiger partial charge in [0.2, 0.25) is 23.6 Å². The minimum absolute atomic E-state index is 0. The number of halogens is 1. The molecule has 4 rings (SSSR count). The summed E-state index contributed by atoms with van der Waals surface area (Å²) < 4.78 is 0. The van der Waals surface area contributed by atoms with Gasteiger partial charge in [-0.15, -0.1) is 22.6 Å². The van der Waals surface area contributed by atoms with Gasteiger partial charge in [-0.05, 0) is 35.2 Å². The van der Waals surface area contributed by atoms with E-state index in [1.165, 1.54) is 4.90 Å². The lowest BCUT2D eigenvalue weighted by molar-refractivity contribution is -0.131. The summed E-state index contributed by atoms with van der Waals surface area (Å²) in [5.74, 6) is -1.53. The maximum absolute atomic E-state index is 13.4. The molecule has 6 N–H and O–H groups in total. The Morgan fingerprint density at radius 1 is 1.12 bits per heavy atom. The molecule has 41 heavy (non-hydrogen) atoms. The van der Waals surface area contributed by atoms with E-state index < -0.39 is 29.8 Å². The third-order valence-corrected chi connectivity index (χ3v) is 6.90. The molecule has 3 aromatic rings. The number of nitrogens with one attached hydrogen (secondary N) is 4. The predicted molar refractivity (Wildman–Crippen MR) is 154 cm³/mol. The van der Waals surface area contributed by atoms with Gasteiger partial charge in [0.25, 0.3) is 0 Å². The number of nitrogens with two attached hydrogens (primary N) is 1. The largest absolute Gasteiger partial charge is 0.399 e. The van der Waals surface area contributed by atoms with Crippen molar-refractivity contribution in [3.8, 4) is 0 Å². The number of anilines is 2. The standard InChI is InChI=1S/C27H33N9O4.ClH/c1-3-16(2)25(31-23(37)11-17-7-5-4-6-8-17)27(40)30-15-24(38)36-20-10-9-19(28)12-18(20)13-21(36)26(39)29-14-22-32-34-35-33-22;/h4-10,12,16,21,25H,3,11,13-15,28H2,1-2H3,(H,29,39)(H,30,40)(H,31,37)(H,32,33,34,35);1H/t16?,21-,25?;/m0./s1. The molecule has 0 saturated carbocycles. The molecular formula is C27H34ClN9O4. The lowest BCUT2D eigenvalue weighted by Crippen LogP contribution is -2.54. The van der Waals surface area contributed by atoms with Gasteiger partial charge in [-0.25, -0.2) is 0 Å². The molecule has 2 unspecified atom stereocenters. The maximum atomic E-state index is 13.4. The summed E-state index contributed by atoms with van der Waals surface area (Å²) in [7, 11) is 0. The molecular weight excluding hydrogens is 550 g/mol. The van der Waals surface area contributed by atoms with Crippen LogP contribution >= 0.6 is 12.4 Å². The average molecular weight is 584 g/mol. The Hall–Kier alpha value is -4.52. The number of hydrogen-bond donors (Lipinski definition) is 5. The van der Waals surface area contributed by atoms with Gasteiger partial charge >= 0.3 is 0 Å². The first-order valence-corrected chi connectivity index (χ1v) is 13.1. The number of benzene rings is 2. The first-order valence-electron chi connectivity index (χ1n) is 13.1. The third kappa shape index (κ3) is 7.78. The smallest absolute Gasteiger partial charge is 0.247 e. The van der Waals surface area contributed by atoms with Crippen LogP contribution in [-0.4, -0.2) is 62.9 Å². The Bertz CT molecular complexity index is 1350. The summed E-state index contributed by atoms with van der Waals surface area (Å²) in [6.07, 6.45) is 1.03. The van der Waals surface area contributed by atoms with Gasteiger partial charge in [0.15, 0.2) is 5.82 Å². The fourth-order valence-corrected chi connectivity index (χ4v) is 4.60. The van der Waals surface area contributed by atoms with E-state index >= 15 is 0 Å². The van der Waals surface area contributed by atoms with Gasteiger partial charge in [0.05, 0.1) is 19.5 Å². The van der Waals surface area contributed by atoms with E-state index in [4.69, 9.17) is 5.73 Å². The van der Waals surface area contributed by atoms with Crippen molar-refractivity contribution in [2.45, 2.75) is 51.7 Å². The number of nitrogen functional groups attached to an aromatic ring is 1. The number of tetrazole rings is 1. The van der Waals surface area contributed by atoms with Crippen molar-refractivity contribution in [2.75, 3.05) is 17.2 Å². The van der Waals surface area contributed by atoms with Crippen LogP contribution in [-0.2, 0) is 38.6 Å². The fraction of sp³-hybridized carbons (Fsp3) is 0.370. The van der Waals surface area contributed by atoms with E-state index in [2.05, 4.69) is 36.6 Å². The molecule has 1 aromatic heterocycles. The van der Waals surface area contributed by atoms with Crippen LogP contribution in [0.2, 0.25) is 0 Å². The second-order valence-electron chi connectivity index (χ2n) is 9.73. The van der Waals surface area contributed by atoms with Crippen LogP contribution in [0.25, 0.3) is 0 Å². The summed E-state index contributed by atoms with van der Waals surface area (Å²) in [4.78, 5) is 53.8. The first-order chi connectivity index (χ1) is 19.3. The Morgan fingerprint density at radius 3 is 2.56 bits per heavy atom. The number of carbonyl (C=O) groups excluding carboxylic acids is 4. The predicted octanol–water partition coefficient (Wildman–Crippen LogP) is 0.668. The Balaban J connectivity index is 0.00000462. The van der Waals surface area contributed by atoms with Gasteiger partial charge in [0.1, 0.15) is 12.1 Å². The Labute approximate surface area is 243 Å². The zero-order valence-electron chi connectivity index (χ0n) is 22.8. The van der Waals surface area contributed by atoms with Crippen LogP contribution in [0.5, 0.6) is 0 Å². The van der Waals surface area contributed by atoms with Crippen molar-refractivity contribution in [1.29, 1.82) is 0 Å². The molecule has 0 aliphatic carbocycles. The highest BCUT2D eigenvalue weighted by Crippen LogP contribution is 2.34. The molecule has 2 aromatic carbocycles. The molecule has 3 atom stereocenters. The van der Waals surface area contributed by atoms with Crippen molar-refractivity contribution in [2.24, 2.45) is 5.92 Å². The summed E-state index contributed by atoms with van der Waals surface area (Å²) >= 11 is 0. The van der Waals surface area contributed by atoms with Gasteiger partial charge in [0, 0.05) is 17.8 Å². The number of aromatic nitrogens is 4. The number of rotatable bonds is 11. The van der Waals surface area contributed by atoms with Crippen LogP contribution in [0.3, 0.4) is 0 Å². The minimum atomic E-state index is -0.857. The summed E-state index contributed by atoms with van der Waals surface area (Å²) in [6, 6.07) is 12.6. The zero-order valence-corrected chi connectivity index (χ0v) is 23.6. The van der Waals surface area contributed by atoms with E-state index in [0.717, 1.165) is 11.1 Å². The van der Waals surface area contributed by atoms with Gasteiger partial charge < -0.3 is 21.7 Å². The van der Waals surface area contributed by atoms with E-state index in [-0.39, 0.29) is 50.2 Å². The monoisotopic (exact) mass is 583 g/mol. The molecule has 0 saturated heterocycles. The fourth-order valence-electron chi connectivity index (χ4n) is 4.60. The number of nitrogens with zero attached hydrogens (tertiary/aromatic N) is 4. The molecule has 13 nitrogen and oxygen atoms in total. The molecule has 0 fully saturated rings. The van der Waals surface area contributed by atoms with Crippen LogP contribution in [0.4, 0.5) is 11.4 Å². The second-order valence-corrected chi connectivity index (χ2v) is 9.73. The van der Waals surface area contributed by atoms with Gasteiger partial charge in [-0.3, -0.25) is 24.1 Å². The van der Waals surface area contributed by atoms with Crippen molar-refractivity contribution >= 4 is 47.4 Å². The van der Waals surface area contributed by atoms with Crippen LogP contribution in [0.15, 0.2) is 48.5 Å². The average Bonchev–Trinajstić information content (AvgIpc) is 3.61. The number of hydrogen-bond acceptors (Lipinski definition) is 8. The summed E-state index contributed by atoms with van der Waals surface area (Å²) in [5, 5.41) is 21.6. The van der Waals surface area contributed by atoms with Crippen LogP contribution < -0.4 is 26.6 Å². The van der Waals surface area contributed by atoms with E-state index in [1.54, 1.807) is 18.2 Å². The molecule has 0 radical (unpaired) electrons. The summed E-state index contributed by atoms with van der Waals surface area (Å²) in [5.41, 5.74) is 8.56. The maximum Gasteiger partial charge on any atom is 0.247 e. The Kier molecular flexibility index (Phi) is 10.8. The molecule has 0 bridgehead atoms. The number of amides is 4. The zero-order chi connectivity index (χ0) is 28.6. The molecule has 4 amide bonds. The van der Waals surface area contributed by atoms with Crippen LogP contribution in [0.1, 0.15) is 37.2 Å². The molecule has 14 heteroatoms. The van der Waals surface area contributed by atoms with Gasteiger partial charge in [-0.2, -0.15) is 5.21 Å². The van der Waals surface area contributed by atoms with E-state index in [9.17, 15) is 19.2 Å². The number of carbonyl (C=O) groups is 4. The highest BCUT2D eigenvalue weighted by atomic mass is 35.5. The van der Waals surface area contributed by atoms with Crippen molar-refractivity contribution < 1.29 is 19.2 Å². The lowest BCUT2D eigenvalue weighted by Gasteiger charge is -2.27. The topological polar surface area (TPSA) is 188 Å². The Morgan fingerprint density at radius 2 is 1.88 bits per heavy atom. The quantitative estimate of drug-likeness (QED) is 0.204. The third-order valence-electron chi connectivity index (χ3n) is 6.90. The molecule has 2 heterocycles. The number of aromatic amines is 1. The number of H-pyrrole nitrogens is 1. The highest BCUT2D eigenvalue weighted by Gasteiger charge is 2.38. The molecule has 218 valence electrons. The van der Waals surface area contributed by atoms with Crippen molar-refractivity contribution in [3.05, 3.63) is 65.5 Å². The van der Waals surface area contributed by atoms with Crippen molar-refractivity contribution in [3.63, 3.8) is 0 Å². The summed E-state index contributed by atoms with van der Waals surface area (Å²) in [6.45, 7) is 3.45. The SMILES string of the molecule is CCC(C)C(NC(=O)Cc1ccccc1)C(=O)NCC(=O)N1c2ccc(N)cc2C[C@H]1C(=O)NCc1nn[nH]n1.Cl. The van der Waals surface area contributed by atoms with Crippen LogP contribution in [0, 0.1) is 5.92 Å². The lowest BCUT2D eigenvalue weighted by atomic mass is 9.98. The van der Waals surface area contributed by atoms with Crippen molar-refractivity contribution in [1.82, 2.24) is 36.6 Å². The highest BCUT2D eigenvalue weighted by molar-refractivity contribution is 6.05.